The van der Waals surface area contributed by atoms with Crippen LogP contribution in [0.15, 0.2) is 35.2 Å². The summed E-state index contributed by atoms with van der Waals surface area (Å²) in [6.07, 6.45) is 0. The highest BCUT2D eigenvalue weighted by molar-refractivity contribution is 7.88. The number of rotatable bonds is 2. The first kappa shape index (κ1) is 9.94. The highest BCUT2D eigenvalue weighted by Crippen LogP contribution is 2.10. The van der Waals surface area contributed by atoms with Gasteiger partial charge in [-0.25, -0.2) is 0 Å². The molecule has 1 rings (SSSR count). The SMILES string of the molecule is NC(=S)OS(=O)(=O)c1ccccc1. The molecule has 0 aliphatic rings. The Morgan fingerprint density at radius 1 is 1.31 bits per heavy atom. The fourth-order valence-corrected chi connectivity index (χ4v) is 1.82. The second-order valence-electron chi connectivity index (χ2n) is 2.17. The van der Waals surface area contributed by atoms with Gasteiger partial charge < -0.3 is 9.92 Å². The van der Waals surface area contributed by atoms with Gasteiger partial charge in [0.25, 0.3) is 5.17 Å². The van der Waals surface area contributed by atoms with Crippen molar-refractivity contribution < 1.29 is 12.6 Å². The van der Waals surface area contributed by atoms with Gasteiger partial charge in [0.05, 0.1) is 0 Å². The Kier molecular flexibility index (Phi) is 2.84. The molecule has 0 saturated heterocycles. The second kappa shape index (κ2) is 3.71. The molecule has 0 aliphatic carbocycles. The van der Waals surface area contributed by atoms with Crippen LogP contribution in [0, 0.1) is 0 Å². The molecule has 1 aromatic carbocycles. The lowest BCUT2D eigenvalue weighted by Gasteiger charge is -2.03. The standard InChI is InChI=1S/C7H7NO3S2/c8-7(12)11-13(9,10)6-4-2-1-3-5-6/h1-5H,(H2,8,12). The number of nitrogens with two attached hydrogens (primary N) is 1. The van der Waals surface area contributed by atoms with Gasteiger partial charge in [-0.3, -0.25) is 0 Å². The second-order valence-corrected chi connectivity index (χ2v) is 4.12. The summed E-state index contributed by atoms with van der Waals surface area (Å²) < 4.78 is 26.8. The number of benzene rings is 1. The molecule has 0 unspecified atom stereocenters. The normalized spacial score (nSPS) is 10.8. The van der Waals surface area contributed by atoms with Crippen LogP contribution in [-0.4, -0.2) is 13.6 Å². The molecule has 13 heavy (non-hydrogen) atoms. The highest BCUT2D eigenvalue weighted by Gasteiger charge is 2.15. The van der Waals surface area contributed by atoms with Gasteiger partial charge in [0.15, 0.2) is 0 Å². The monoisotopic (exact) mass is 217 g/mol. The van der Waals surface area contributed by atoms with Crippen LogP contribution in [0.3, 0.4) is 0 Å². The maximum Gasteiger partial charge on any atom is 0.341 e. The molecule has 0 bridgehead atoms. The van der Waals surface area contributed by atoms with Crippen molar-refractivity contribution in [2.24, 2.45) is 5.73 Å². The van der Waals surface area contributed by atoms with Gasteiger partial charge in [0.1, 0.15) is 4.90 Å². The summed E-state index contributed by atoms with van der Waals surface area (Å²) in [5.74, 6) is 0. The lowest BCUT2D eigenvalue weighted by atomic mass is 10.4. The molecule has 1 aromatic rings. The molecule has 70 valence electrons. The van der Waals surface area contributed by atoms with Crippen molar-refractivity contribution in [2.75, 3.05) is 0 Å². The Morgan fingerprint density at radius 3 is 2.31 bits per heavy atom. The zero-order chi connectivity index (χ0) is 9.90. The number of thiocarbonyl (C=S) groups is 1. The van der Waals surface area contributed by atoms with Crippen LogP contribution < -0.4 is 5.73 Å². The molecule has 2 N–H and O–H groups in total. The van der Waals surface area contributed by atoms with E-state index >= 15 is 0 Å². The predicted octanol–water partition coefficient (Wildman–Crippen LogP) is 0.636. The van der Waals surface area contributed by atoms with E-state index < -0.39 is 15.3 Å². The summed E-state index contributed by atoms with van der Waals surface area (Å²) in [6, 6.07) is 7.65. The maximum absolute atomic E-state index is 11.3. The van der Waals surface area contributed by atoms with Gasteiger partial charge in [0.2, 0.25) is 0 Å². The maximum atomic E-state index is 11.3. The van der Waals surface area contributed by atoms with Crippen molar-refractivity contribution in [3.05, 3.63) is 30.3 Å². The quantitative estimate of drug-likeness (QED) is 0.581. The molecule has 0 spiro atoms. The van der Waals surface area contributed by atoms with Crippen LogP contribution in [0.5, 0.6) is 0 Å². The third kappa shape index (κ3) is 2.67. The van der Waals surface area contributed by atoms with E-state index in [1.165, 1.54) is 12.1 Å². The molecule has 0 atom stereocenters. The first-order valence-corrected chi connectivity index (χ1v) is 5.13. The Balaban J connectivity index is 3.02. The van der Waals surface area contributed by atoms with Crippen LogP contribution in [0.4, 0.5) is 0 Å². The molecule has 6 heteroatoms. The average Bonchev–Trinajstić information content (AvgIpc) is 2.04. The lowest BCUT2D eigenvalue weighted by Crippen LogP contribution is -2.18. The predicted molar refractivity (Wildman–Crippen MR) is 51.5 cm³/mol. The molecular weight excluding hydrogens is 210 g/mol. The minimum absolute atomic E-state index is 0.0304. The van der Waals surface area contributed by atoms with Gasteiger partial charge >= 0.3 is 10.1 Å². The van der Waals surface area contributed by atoms with Gasteiger partial charge in [-0.2, -0.15) is 8.42 Å². The zero-order valence-electron chi connectivity index (χ0n) is 6.51. The van der Waals surface area contributed by atoms with Crippen molar-refractivity contribution in [1.29, 1.82) is 0 Å². The largest absolute Gasteiger partial charge is 0.359 e. The number of hydrogen-bond acceptors (Lipinski definition) is 4. The fourth-order valence-electron chi connectivity index (χ4n) is 0.743. The van der Waals surface area contributed by atoms with E-state index in [0.29, 0.717) is 0 Å². The van der Waals surface area contributed by atoms with Crippen LogP contribution in [-0.2, 0) is 14.3 Å². The Bertz CT molecular complexity index is 399. The van der Waals surface area contributed by atoms with Gasteiger partial charge in [0, 0.05) is 0 Å². The Hall–Kier alpha value is -1.14. The van der Waals surface area contributed by atoms with Crippen LogP contribution in [0.25, 0.3) is 0 Å². The van der Waals surface area contributed by atoms with Crippen molar-refractivity contribution in [3.63, 3.8) is 0 Å². The van der Waals surface area contributed by atoms with E-state index in [4.69, 9.17) is 5.73 Å². The van der Waals surface area contributed by atoms with E-state index in [1.807, 2.05) is 0 Å². The van der Waals surface area contributed by atoms with E-state index in [1.54, 1.807) is 18.2 Å². The Labute approximate surface area is 81.4 Å². The molecule has 0 saturated carbocycles. The van der Waals surface area contributed by atoms with Crippen molar-refractivity contribution in [1.82, 2.24) is 0 Å². The summed E-state index contributed by atoms with van der Waals surface area (Å²) in [7, 11) is -3.83. The van der Waals surface area contributed by atoms with E-state index in [0.717, 1.165) is 0 Å². The van der Waals surface area contributed by atoms with Crippen LogP contribution in [0.1, 0.15) is 0 Å². The van der Waals surface area contributed by atoms with Crippen molar-refractivity contribution >= 4 is 27.5 Å². The third-order valence-corrected chi connectivity index (χ3v) is 2.66. The minimum atomic E-state index is -3.83. The lowest BCUT2D eigenvalue weighted by molar-refractivity contribution is 0.485. The molecular formula is C7H7NO3S2. The van der Waals surface area contributed by atoms with Gasteiger partial charge in [-0.05, 0) is 24.4 Å². The van der Waals surface area contributed by atoms with E-state index in [-0.39, 0.29) is 4.90 Å². The average molecular weight is 217 g/mol. The van der Waals surface area contributed by atoms with Crippen LogP contribution in [0.2, 0.25) is 0 Å². The van der Waals surface area contributed by atoms with Gasteiger partial charge in [-0.15, -0.1) is 0 Å². The van der Waals surface area contributed by atoms with Crippen molar-refractivity contribution in [3.8, 4) is 0 Å². The first-order chi connectivity index (χ1) is 6.02. The molecule has 0 fully saturated rings. The summed E-state index contributed by atoms with van der Waals surface area (Å²) >= 11 is 4.32. The summed E-state index contributed by atoms with van der Waals surface area (Å²) in [5, 5.41) is -0.510. The number of hydrogen-bond donors (Lipinski definition) is 1. The zero-order valence-corrected chi connectivity index (χ0v) is 8.14. The minimum Gasteiger partial charge on any atom is -0.359 e. The Morgan fingerprint density at radius 2 is 1.85 bits per heavy atom. The molecule has 0 heterocycles. The molecule has 0 radical (unpaired) electrons. The van der Waals surface area contributed by atoms with Crippen molar-refractivity contribution in [2.45, 2.75) is 4.90 Å². The molecule has 0 aliphatic heterocycles. The molecule has 0 amide bonds. The van der Waals surface area contributed by atoms with Crippen LogP contribution >= 0.6 is 12.2 Å². The summed E-state index contributed by atoms with van der Waals surface area (Å²) in [4.78, 5) is 0.0304. The smallest absolute Gasteiger partial charge is 0.341 e. The third-order valence-electron chi connectivity index (χ3n) is 1.22. The van der Waals surface area contributed by atoms with E-state index in [9.17, 15) is 8.42 Å². The topological polar surface area (TPSA) is 69.4 Å². The first-order valence-electron chi connectivity index (χ1n) is 3.31. The summed E-state index contributed by atoms with van der Waals surface area (Å²) in [6.45, 7) is 0. The van der Waals surface area contributed by atoms with Gasteiger partial charge in [-0.1, -0.05) is 18.2 Å². The van der Waals surface area contributed by atoms with E-state index in [2.05, 4.69) is 16.4 Å². The highest BCUT2D eigenvalue weighted by atomic mass is 32.2. The fraction of sp³-hybridized carbons (Fsp3) is 0. The molecule has 4 nitrogen and oxygen atoms in total. The molecule has 0 aromatic heterocycles. The summed E-state index contributed by atoms with van der Waals surface area (Å²) in [5.41, 5.74) is 4.95.